The van der Waals surface area contributed by atoms with Crippen LogP contribution in [0.2, 0.25) is 0 Å². The molecule has 0 saturated carbocycles. The number of aliphatic hydroxyl groups is 1. The third-order valence-corrected chi connectivity index (χ3v) is 2.47. The predicted molar refractivity (Wildman–Crippen MR) is 66.5 cm³/mol. The molecule has 1 aromatic carbocycles. The van der Waals surface area contributed by atoms with Crippen molar-refractivity contribution in [2.24, 2.45) is 0 Å². The summed E-state index contributed by atoms with van der Waals surface area (Å²) in [6.07, 6.45) is -0.519. The molecule has 0 aromatic heterocycles. The van der Waals surface area contributed by atoms with E-state index in [0.29, 0.717) is 12.2 Å². The fourth-order valence-corrected chi connectivity index (χ4v) is 1.46. The molecule has 0 fully saturated rings. The van der Waals surface area contributed by atoms with Crippen LogP contribution in [0.25, 0.3) is 0 Å². The Kier molecular flexibility index (Phi) is 4.91. The lowest BCUT2D eigenvalue weighted by atomic mass is 10.0. The molecule has 92 valence electrons. The van der Waals surface area contributed by atoms with E-state index >= 15 is 0 Å². The van der Waals surface area contributed by atoms with Crippen LogP contribution in [0.3, 0.4) is 0 Å². The molecule has 0 amide bonds. The summed E-state index contributed by atoms with van der Waals surface area (Å²) in [5.41, 5.74) is 2.20. The summed E-state index contributed by atoms with van der Waals surface area (Å²) >= 11 is 0. The van der Waals surface area contributed by atoms with Gasteiger partial charge < -0.3 is 9.84 Å². The molecule has 0 aliphatic rings. The van der Waals surface area contributed by atoms with Gasteiger partial charge >= 0.3 is 5.97 Å². The van der Waals surface area contributed by atoms with E-state index < -0.39 is 12.1 Å². The first kappa shape index (κ1) is 13.5. The van der Waals surface area contributed by atoms with Crippen molar-refractivity contribution in [3.05, 3.63) is 47.5 Å². The lowest BCUT2D eigenvalue weighted by Crippen LogP contribution is -2.10. The Bertz CT molecular complexity index is 392. The van der Waals surface area contributed by atoms with Gasteiger partial charge in [-0.2, -0.15) is 0 Å². The number of ether oxygens (including phenoxy) is 1. The van der Waals surface area contributed by atoms with Gasteiger partial charge in [0.2, 0.25) is 0 Å². The molecule has 17 heavy (non-hydrogen) atoms. The van der Waals surface area contributed by atoms with Crippen molar-refractivity contribution < 1.29 is 14.6 Å². The first-order chi connectivity index (χ1) is 8.04. The summed E-state index contributed by atoms with van der Waals surface area (Å²) in [7, 11) is 0. The fraction of sp³-hybridized carbons (Fsp3) is 0.357. The van der Waals surface area contributed by atoms with E-state index in [1.54, 1.807) is 6.92 Å². The number of benzene rings is 1. The zero-order valence-electron chi connectivity index (χ0n) is 10.3. The SMILES string of the molecule is C=C(C[C@@H](O)c1ccc(C)cc1)C(=O)OCC. The van der Waals surface area contributed by atoms with Gasteiger partial charge in [-0.15, -0.1) is 0 Å². The molecule has 0 spiro atoms. The summed E-state index contributed by atoms with van der Waals surface area (Å²) in [4.78, 5) is 11.3. The Balaban J connectivity index is 2.60. The minimum absolute atomic E-state index is 0.196. The van der Waals surface area contributed by atoms with E-state index in [1.165, 1.54) is 0 Å². The molecule has 0 heterocycles. The summed E-state index contributed by atoms with van der Waals surface area (Å²) in [6.45, 7) is 7.66. The topological polar surface area (TPSA) is 46.5 Å². The van der Waals surface area contributed by atoms with Gasteiger partial charge in [0.15, 0.2) is 0 Å². The number of hydrogen-bond acceptors (Lipinski definition) is 3. The van der Waals surface area contributed by atoms with Crippen molar-refractivity contribution in [2.45, 2.75) is 26.4 Å². The van der Waals surface area contributed by atoms with Gasteiger partial charge in [0.05, 0.1) is 12.7 Å². The molecule has 1 N–H and O–H groups in total. The average Bonchev–Trinajstić information content (AvgIpc) is 2.30. The van der Waals surface area contributed by atoms with Gasteiger partial charge in [-0.05, 0) is 19.4 Å². The molecular weight excluding hydrogens is 216 g/mol. The third kappa shape index (κ3) is 4.04. The second-order valence-corrected chi connectivity index (χ2v) is 3.95. The monoisotopic (exact) mass is 234 g/mol. The molecule has 3 nitrogen and oxygen atoms in total. The molecule has 1 atom stereocenters. The van der Waals surface area contributed by atoms with Crippen LogP contribution in [0.1, 0.15) is 30.6 Å². The van der Waals surface area contributed by atoms with E-state index in [1.807, 2.05) is 31.2 Å². The van der Waals surface area contributed by atoms with Crippen molar-refractivity contribution in [3.63, 3.8) is 0 Å². The van der Waals surface area contributed by atoms with Crippen LogP contribution < -0.4 is 0 Å². The number of rotatable bonds is 5. The second-order valence-electron chi connectivity index (χ2n) is 3.95. The maximum Gasteiger partial charge on any atom is 0.333 e. The Labute approximate surface area is 102 Å². The number of aliphatic hydroxyl groups excluding tert-OH is 1. The van der Waals surface area contributed by atoms with E-state index in [-0.39, 0.29) is 6.42 Å². The van der Waals surface area contributed by atoms with Gasteiger partial charge in [0, 0.05) is 12.0 Å². The number of hydrogen-bond donors (Lipinski definition) is 1. The first-order valence-corrected chi connectivity index (χ1v) is 5.64. The zero-order chi connectivity index (χ0) is 12.8. The summed E-state index contributed by atoms with van der Waals surface area (Å²) in [5, 5.41) is 9.93. The lowest BCUT2D eigenvalue weighted by Gasteiger charge is -2.12. The number of carbonyl (C=O) groups excluding carboxylic acids is 1. The van der Waals surface area contributed by atoms with Crippen LogP contribution in [-0.2, 0) is 9.53 Å². The van der Waals surface area contributed by atoms with Crippen LogP contribution in [-0.4, -0.2) is 17.7 Å². The Morgan fingerprint density at radius 1 is 1.41 bits per heavy atom. The maximum atomic E-state index is 11.3. The highest BCUT2D eigenvalue weighted by Crippen LogP contribution is 2.21. The van der Waals surface area contributed by atoms with Crippen molar-refractivity contribution in [2.75, 3.05) is 6.61 Å². The molecule has 0 aliphatic heterocycles. The van der Waals surface area contributed by atoms with E-state index in [4.69, 9.17) is 4.74 Å². The van der Waals surface area contributed by atoms with Crippen LogP contribution in [0.5, 0.6) is 0 Å². The fourth-order valence-electron chi connectivity index (χ4n) is 1.46. The summed E-state index contributed by atoms with van der Waals surface area (Å²) < 4.78 is 4.81. The molecule has 0 unspecified atom stereocenters. The van der Waals surface area contributed by atoms with Gasteiger partial charge in [0.25, 0.3) is 0 Å². The Morgan fingerprint density at radius 3 is 2.53 bits per heavy atom. The Morgan fingerprint density at radius 2 is 2.00 bits per heavy atom. The largest absolute Gasteiger partial charge is 0.463 e. The highest BCUT2D eigenvalue weighted by atomic mass is 16.5. The van der Waals surface area contributed by atoms with Crippen molar-refractivity contribution >= 4 is 5.97 Å². The van der Waals surface area contributed by atoms with E-state index in [9.17, 15) is 9.90 Å². The van der Waals surface area contributed by atoms with Gasteiger partial charge in [-0.3, -0.25) is 0 Å². The van der Waals surface area contributed by atoms with Gasteiger partial charge in [0.1, 0.15) is 0 Å². The molecule has 3 heteroatoms. The molecule has 1 rings (SSSR count). The molecule has 1 aromatic rings. The molecule has 0 aliphatic carbocycles. The minimum atomic E-state index is -0.715. The smallest absolute Gasteiger partial charge is 0.333 e. The predicted octanol–water partition coefficient (Wildman–Crippen LogP) is 2.54. The molecular formula is C14H18O3. The van der Waals surface area contributed by atoms with Crippen molar-refractivity contribution in [1.82, 2.24) is 0 Å². The quantitative estimate of drug-likeness (QED) is 0.629. The Hall–Kier alpha value is -1.61. The van der Waals surface area contributed by atoms with Gasteiger partial charge in [-0.1, -0.05) is 36.4 Å². The average molecular weight is 234 g/mol. The normalized spacial score (nSPS) is 11.9. The highest BCUT2D eigenvalue weighted by Gasteiger charge is 2.14. The van der Waals surface area contributed by atoms with Crippen LogP contribution in [0.4, 0.5) is 0 Å². The van der Waals surface area contributed by atoms with Gasteiger partial charge in [-0.25, -0.2) is 4.79 Å². The van der Waals surface area contributed by atoms with Crippen LogP contribution >= 0.6 is 0 Å². The van der Waals surface area contributed by atoms with Crippen LogP contribution in [0, 0.1) is 6.92 Å². The standard InChI is InChI=1S/C14H18O3/c1-4-17-14(16)11(3)9-13(15)12-7-5-10(2)6-8-12/h5-8,13,15H,3-4,9H2,1-2H3/t13-/m1/s1. The molecule has 0 saturated heterocycles. The maximum absolute atomic E-state index is 11.3. The summed E-state index contributed by atoms with van der Waals surface area (Å²) in [6, 6.07) is 7.54. The first-order valence-electron chi connectivity index (χ1n) is 5.64. The van der Waals surface area contributed by atoms with Crippen molar-refractivity contribution in [1.29, 1.82) is 0 Å². The van der Waals surface area contributed by atoms with E-state index in [2.05, 4.69) is 6.58 Å². The van der Waals surface area contributed by atoms with E-state index in [0.717, 1.165) is 11.1 Å². The number of esters is 1. The minimum Gasteiger partial charge on any atom is -0.463 e. The molecule has 0 bridgehead atoms. The lowest BCUT2D eigenvalue weighted by molar-refractivity contribution is -0.138. The third-order valence-electron chi connectivity index (χ3n) is 2.47. The van der Waals surface area contributed by atoms with Crippen LogP contribution in [0.15, 0.2) is 36.4 Å². The second kappa shape index (κ2) is 6.21. The number of carbonyl (C=O) groups is 1. The molecule has 0 radical (unpaired) electrons. The highest BCUT2D eigenvalue weighted by molar-refractivity contribution is 5.87. The summed E-state index contributed by atoms with van der Waals surface area (Å²) in [5.74, 6) is -0.446. The van der Waals surface area contributed by atoms with Crippen molar-refractivity contribution in [3.8, 4) is 0 Å². The zero-order valence-corrected chi connectivity index (χ0v) is 10.3. The number of aryl methyl sites for hydroxylation is 1.